The van der Waals surface area contributed by atoms with E-state index in [9.17, 15) is 19.1 Å². The monoisotopic (exact) mass is 521 g/mol. The van der Waals surface area contributed by atoms with Crippen LogP contribution in [0.3, 0.4) is 0 Å². The van der Waals surface area contributed by atoms with Crippen LogP contribution in [0.4, 0.5) is 4.39 Å². The minimum atomic E-state index is -0.758. The van der Waals surface area contributed by atoms with E-state index in [-0.39, 0.29) is 34.7 Å². The fourth-order valence-corrected chi connectivity index (χ4v) is 5.74. The van der Waals surface area contributed by atoms with E-state index in [4.69, 9.17) is 9.40 Å². The van der Waals surface area contributed by atoms with E-state index in [0.717, 1.165) is 11.1 Å². The van der Waals surface area contributed by atoms with Crippen molar-refractivity contribution in [1.29, 1.82) is 0 Å². The van der Waals surface area contributed by atoms with E-state index in [2.05, 4.69) is 20.8 Å². The second-order valence-corrected chi connectivity index (χ2v) is 12.8. The fourth-order valence-electron chi connectivity index (χ4n) is 5.74. The maximum Gasteiger partial charge on any atom is 0.290 e. The Kier molecular flexibility index (Phi) is 6.17. The summed E-state index contributed by atoms with van der Waals surface area (Å²) in [6.45, 7) is 13.1. The summed E-state index contributed by atoms with van der Waals surface area (Å²) >= 11 is 0. The van der Waals surface area contributed by atoms with Crippen LogP contribution in [0.2, 0.25) is 0 Å². The Hall–Kier alpha value is -3.26. The second-order valence-electron chi connectivity index (χ2n) is 12.8. The number of fused-ring (bicyclic) bond motifs is 1. The lowest BCUT2D eigenvalue weighted by Crippen LogP contribution is -2.63. The predicted octanol–water partition coefficient (Wildman–Crippen LogP) is 5.16. The van der Waals surface area contributed by atoms with Gasteiger partial charge in [0.05, 0.1) is 16.8 Å². The van der Waals surface area contributed by atoms with Gasteiger partial charge in [-0.1, -0.05) is 20.8 Å². The number of aromatic nitrogens is 1. The molecule has 3 aromatic rings. The molecule has 1 aliphatic heterocycles. The molecule has 0 atom stereocenters. The first-order valence-corrected chi connectivity index (χ1v) is 13.2. The van der Waals surface area contributed by atoms with Crippen molar-refractivity contribution >= 4 is 22.9 Å². The van der Waals surface area contributed by atoms with Crippen LogP contribution in [-0.2, 0) is 10.2 Å². The highest BCUT2D eigenvalue weighted by Crippen LogP contribution is 2.39. The Morgan fingerprint density at radius 2 is 1.74 bits per heavy atom. The molecule has 1 aliphatic carbocycles. The van der Waals surface area contributed by atoms with Crippen LogP contribution in [0, 0.1) is 11.7 Å². The minimum Gasteiger partial charge on any atom is -0.449 e. The largest absolute Gasteiger partial charge is 0.449 e. The molecule has 0 spiro atoms. The molecule has 8 heteroatoms. The SMILES string of the molecule is CC1(O)CC(C(=O)N2CCN(C(=O)c3cc4nc(-c5ccc(F)cc5)cc(C(C)(C)C)c4o3)C(C)(C)C2)C1. The van der Waals surface area contributed by atoms with E-state index >= 15 is 0 Å². The third-order valence-corrected chi connectivity index (χ3v) is 7.82. The number of rotatable bonds is 3. The van der Waals surface area contributed by atoms with Crippen LogP contribution in [0.25, 0.3) is 22.4 Å². The van der Waals surface area contributed by atoms with E-state index < -0.39 is 11.1 Å². The quantitative estimate of drug-likeness (QED) is 0.515. The third kappa shape index (κ3) is 4.82. The van der Waals surface area contributed by atoms with Crippen LogP contribution >= 0.6 is 0 Å². The number of carbonyl (C=O) groups excluding carboxylic acids is 2. The number of benzene rings is 1. The number of furan rings is 1. The molecular weight excluding hydrogens is 485 g/mol. The molecule has 3 heterocycles. The second kappa shape index (κ2) is 8.90. The van der Waals surface area contributed by atoms with Crippen molar-refractivity contribution in [2.24, 2.45) is 5.92 Å². The Morgan fingerprint density at radius 1 is 1.08 bits per heavy atom. The van der Waals surface area contributed by atoms with E-state index in [1.807, 2.05) is 24.8 Å². The molecule has 5 rings (SSSR count). The van der Waals surface area contributed by atoms with Gasteiger partial charge in [-0.15, -0.1) is 0 Å². The molecule has 0 bridgehead atoms. The number of pyridine rings is 1. The van der Waals surface area contributed by atoms with Gasteiger partial charge in [0.25, 0.3) is 5.91 Å². The van der Waals surface area contributed by atoms with Gasteiger partial charge in [0.1, 0.15) is 11.3 Å². The predicted molar refractivity (Wildman–Crippen MR) is 143 cm³/mol. The zero-order valence-corrected chi connectivity index (χ0v) is 23.0. The van der Waals surface area contributed by atoms with Crippen molar-refractivity contribution in [2.75, 3.05) is 19.6 Å². The summed E-state index contributed by atoms with van der Waals surface area (Å²) in [7, 11) is 0. The number of amides is 2. The van der Waals surface area contributed by atoms with Gasteiger partial charge in [-0.25, -0.2) is 9.37 Å². The van der Waals surface area contributed by atoms with Gasteiger partial charge in [-0.2, -0.15) is 0 Å². The molecular formula is C30H36FN3O4. The number of hydrogen-bond acceptors (Lipinski definition) is 5. The lowest BCUT2D eigenvalue weighted by molar-refractivity contribution is -0.153. The van der Waals surface area contributed by atoms with Gasteiger partial charge < -0.3 is 19.3 Å². The zero-order chi connectivity index (χ0) is 27.6. The van der Waals surface area contributed by atoms with Crippen molar-refractivity contribution in [3.8, 4) is 11.3 Å². The Bertz CT molecular complexity index is 1390. The molecule has 2 aromatic heterocycles. The lowest BCUT2D eigenvalue weighted by Gasteiger charge is -2.49. The van der Waals surface area contributed by atoms with Crippen molar-refractivity contribution in [2.45, 2.75) is 70.9 Å². The summed E-state index contributed by atoms with van der Waals surface area (Å²) in [6.07, 6.45) is 0.959. The Morgan fingerprint density at radius 3 is 2.32 bits per heavy atom. The van der Waals surface area contributed by atoms with E-state index in [1.54, 1.807) is 30.0 Å². The number of halogens is 1. The molecule has 2 aliphatic rings. The van der Waals surface area contributed by atoms with Gasteiger partial charge >= 0.3 is 0 Å². The maximum absolute atomic E-state index is 13.7. The molecule has 0 unspecified atom stereocenters. The first-order valence-electron chi connectivity index (χ1n) is 13.2. The van der Waals surface area contributed by atoms with Gasteiger partial charge in [0.2, 0.25) is 5.91 Å². The third-order valence-electron chi connectivity index (χ3n) is 7.82. The minimum absolute atomic E-state index is 0.0489. The average Bonchev–Trinajstić information content (AvgIpc) is 3.24. The summed E-state index contributed by atoms with van der Waals surface area (Å²) < 4.78 is 19.7. The van der Waals surface area contributed by atoms with Gasteiger partial charge in [0, 0.05) is 42.7 Å². The molecule has 38 heavy (non-hydrogen) atoms. The molecule has 2 amide bonds. The highest BCUT2D eigenvalue weighted by Gasteiger charge is 2.47. The Balaban J connectivity index is 1.42. The number of nitrogens with zero attached hydrogens (tertiary/aromatic N) is 3. The molecule has 1 aromatic carbocycles. The molecule has 0 radical (unpaired) electrons. The van der Waals surface area contributed by atoms with Crippen molar-refractivity contribution < 1.29 is 23.5 Å². The van der Waals surface area contributed by atoms with Gasteiger partial charge in [-0.05, 0) is 69.4 Å². The van der Waals surface area contributed by atoms with Crippen LogP contribution < -0.4 is 0 Å². The molecule has 7 nitrogen and oxygen atoms in total. The van der Waals surface area contributed by atoms with E-state index in [0.29, 0.717) is 49.3 Å². The average molecular weight is 522 g/mol. The van der Waals surface area contributed by atoms with Crippen LogP contribution in [0.15, 0.2) is 40.8 Å². The number of aliphatic hydroxyl groups is 1. The van der Waals surface area contributed by atoms with Crippen LogP contribution in [0.5, 0.6) is 0 Å². The van der Waals surface area contributed by atoms with Crippen LogP contribution in [0.1, 0.15) is 70.5 Å². The molecule has 1 saturated carbocycles. The Labute approximate surface area is 222 Å². The number of hydrogen-bond donors (Lipinski definition) is 1. The van der Waals surface area contributed by atoms with Gasteiger partial charge in [0.15, 0.2) is 11.3 Å². The van der Waals surface area contributed by atoms with Gasteiger partial charge in [-0.3, -0.25) is 9.59 Å². The molecule has 2 fully saturated rings. The smallest absolute Gasteiger partial charge is 0.290 e. The summed E-state index contributed by atoms with van der Waals surface area (Å²) in [5, 5.41) is 10.0. The van der Waals surface area contributed by atoms with Crippen molar-refractivity contribution in [1.82, 2.24) is 14.8 Å². The molecule has 1 N–H and O–H groups in total. The number of carbonyl (C=O) groups is 2. The standard InChI is InChI=1S/C30H36FN3O4/c1-28(2,3)21-13-22(18-7-9-20(31)10-8-18)32-23-14-24(38-25(21)23)27(36)34-12-11-33(17-29(34,4)5)26(35)19-15-30(6,37)16-19/h7-10,13-14,19,37H,11-12,15-17H2,1-6H3. The van der Waals surface area contributed by atoms with Crippen molar-refractivity contribution in [3.63, 3.8) is 0 Å². The first kappa shape index (κ1) is 26.4. The first-order chi connectivity index (χ1) is 17.6. The topological polar surface area (TPSA) is 86.9 Å². The molecule has 202 valence electrons. The maximum atomic E-state index is 13.7. The highest BCUT2D eigenvalue weighted by atomic mass is 19.1. The zero-order valence-electron chi connectivity index (χ0n) is 23.0. The summed E-state index contributed by atoms with van der Waals surface area (Å²) in [6, 6.07) is 9.82. The number of piperazine rings is 1. The highest BCUT2D eigenvalue weighted by molar-refractivity contribution is 5.97. The summed E-state index contributed by atoms with van der Waals surface area (Å²) in [4.78, 5) is 35.0. The lowest BCUT2D eigenvalue weighted by atomic mass is 9.71. The summed E-state index contributed by atoms with van der Waals surface area (Å²) in [5.41, 5.74) is 1.87. The normalized spacial score (nSPS) is 23.4. The van der Waals surface area contributed by atoms with E-state index in [1.165, 1.54) is 12.1 Å². The fraction of sp³-hybridized carbons (Fsp3) is 0.500. The molecule has 1 saturated heterocycles. The van der Waals surface area contributed by atoms with Crippen molar-refractivity contribution in [3.05, 3.63) is 53.5 Å². The summed E-state index contributed by atoms with van der Waals surface area (Å²) in [5.74, 6) is -0.457. The van der Waals surface area contributed by atoms with Crippen LogP contribution in [-0.4, -0.2) is 62.5 Å².